The molecule has 166 valence electrons. The van der Waals surface area contributed by atoms with Crippen LogP contribution in [0.1, 0.15) is 17.5 Å². The van der Waals surface area contributed by atoms with Crippen LogP contribution in [0, 0.1) is 10.8 Å². The highest BCUT2D eigenvalue weighted by Gasteiger charge is 2.18. The first-order valence-corrected chi connectivity index (χ1v) is 8.87. The zero-order chi connectivity index (χ0) is 22.7. The molecule has 1 heterocycles. The standard InChI is InChI=1S/C18H26N4O8/c1-5-27-15(23)8-21(2)13(19)10-28-16(24)9-22(3)14(20)11-29-18(25)12-6-7-17(26-4)30-12/h6-7,19-20H,5,8-11H2,1-4H3. The van der Waals surface area contributed by atoms with E-state index in [0.29, 0.717) is 0 Å². The third kappa shape index (κ3) is 8.20. The van der Waals surface area contributed by atoms with E-state index < -0.39 is 17.9 Å². The SMILES string of the molecule is CCOC(=O)CN(C)C(=N)COC(=O)CN(C)C(=N)COC(=O)c1ccc(OC)o1. The fourth-order valence-electron chi connectivity index (χ4n) is 1.94. The highest BCUT2D eigenvalue weighted by atomic mass is 16.6. The number of nitrogens with one attached hydrogen (secondary N) is 2. The van der Waals surface area contributed by atoms with Crippen molar-refractivity contribution < 1.29 is 37.7 Å². The van der Waals surface area contributed by atoms with Gasteiger partial charge in [0.25, 0.3) is 5.95 Å². The van der Waals surface area contributed by atoms with Crippen LogP contribution in [0.2, 0.25) is 0 Å². The Morgan fingerprint density at radius 3 is 1.97 bits per heavy atom. The number of nitrogens with zero attached hydrogens (tertiary/aromatic N) is 2. The number of methoxy groups -OCH3 is 1. The van der Waals surface area contributed by atoms with E-state index in [-0.39, 0.29) is 56.3 Å². The van der Waals surface area contributed by atoms with E-state index >= 15 is 0 Å². The van der Waals surface area contributed by atoms with Gasteiger partial charge < -0.3 is 33.2 Å². The first-order chi connectivity index (χ1) is 14.2. The molecule has 0 spiro atoms. The lowest BCUT2D eigenvalue weighted by Gasteiger charge is -2.21. The number of esters is 3. The molecule has 1 aromatic rings. The fourth-order valence-corrected chi connectivity index (χ4v) is 1.94. The molecule has 1 rings (SSSR count). The number of furan rings is 1. The second kappa shape index (κ2) is 12.1. The van der Waals surface area contributed by atoms with Crippen LogP contribution < -0.4 is 4.74 Å². The smallest absolute Gasteiger partial charge is 0.374 e. The zero-order valence-electron chi connectivity index (χ0n) is 17.4. The van der Waals surface area contributed by atoms with Crippen molar-refractivity contribution in [3.63, 3.8) is 0 Å². The highest BCUT2D eigenvalue weighted by Crippen LogP contribution is 2.15. The van der Waals surface area contributed by atoms with Crippen molar-refractivity contribution in [1.82, 2.24) is 9.80 Å². The van der Waals surface area contributed by atoms with Crippen molar-refractivity contribution >= 4 is 29.6 Å². The third-order valence-corrected chi connectivity index (χ3v) is 3.65. The molecule has 30 heavy (non-hydrogen) atoms. The van der Waals surface area contributed by atoms with Crippen LogP contribution in [0.15, 0.2) is 16.5 Å². The maximum absolute atomic E-state index is 11.9. The minimum Gasteiger partial charge on any atom is -0.468 e. The van der Waals surface area contributed by atoms with Crippen molar-refractivity contribution in [2.45, 2.75) is 6.92 Å². The van der Waals surface area contributed by atoms with Crippen molar-refractivity contribution in [2.75, 3.05) is 54.1 Å². The first kappa shape index (κ1) is 24.5. The lowest BCUT2D eigenvalue weighted by atomic mass is 10.4. The normalized spacial score (nSPS) is 10.0. The minimum absolute atomic E-state index is 0.0767. The Balaban J connectivity index is 2.35. The van der Waals surface area contributed by atoms with Gasteiger partial charge in [0.1, 0.15) is 38.0 Å². The Morgan fingerprint density at radius 2 is 1.47 bits per heavy atom. The van der Waals surface area contributed by atoms with Gasteiger partial charge in [0.05, 0.1) is 13.7 Å². The zero-order valence-corrected chi connectivity index (χ0v) is 17.4. The molecule has 2 N–H and O–H groups in total. The lowest BCUT2D eigenvalue weighted by Crippen LogP contribution is -2.38. The molecular weight excluding hydrogens is 400 g/mol. The molecule has 1 aromatic heterocycles. The summed E-state index contributed by atoms with van der Waals surface area (Å²) in [6, 6.07) is 2.82. The van der Waals surface area contributed by atoms with Gasteiger partial charge in [0.2, 0.25) is 5.76 Å². The summed E-state index contributed by atoms with van der Waals surface area (Å²) in [6.45, 7) is 0.753. The van der Waals surface area contributed by atoms with Gasteiger partial charge in [0.15, 0.2) is 0 Å². The van der Waals surface area contributed by atoms with Crippen LogP contribution in [0.25, 0.3) is 0 Å². The summed E-state index contributed by atoms with van der Waals surface area (Å²) >= 11 is 0. The fraction of sp³-hybridized carbons (Fsp3) is 0.500. The molecule has 0 radical (unpaired) electrons. The van der Waals surface area contributed by atoms with Crippen LogP contribution in [-0.4, -0.2) is 93.5 Å². The summed E-state index contributed by atoms with van der Waals surface area (Å²) < 4.78 is 24.6. The second-order valence-electron chi connectivity index (χ2n) is 5.97. The maximum Gasteiger partial charge on any atom is 0.374 e. The monoisotopic (exact) mass is 426 g/mol. The van der Waals surface area contributed by atoms with E-state index in [1.165, 1.54) is 43.1 Å². The molecule has 0 amide bonds. The van der Waals surface area contributed by atoms with Crippen molar-refractivity contribution in [3.8, 4) is 5.95 Å². The van der Waals surface area contributed by atoms with Gasteiger partial charge in [-0.05, 0) is 13.0 Å². The molecule has 0 saturated carbocycles. The third-order valence-electron chi connectivity index (χ3n) is 3.65. The predicted octanol–water partition coefficient (Wildman–Crippen LogP) is 0.369. The Kier molecular flexibility index (Phi) is 9.86. The molecule has 12 heteroatoms. The number of carbonyl (C=O) groups is 3. The van der Waals surface area contributed by atoms with Gasteiger partial charge in [-0.1, -0.05) is 0 Å². The minimum atomic E-state index is -0.780. The second-order valence-corrected chi connectivity index (χ2v) is 5.97. The van der Waals surface area contributed by atoms with Gasteiger partial charge >= 0.3 is 17.9 Å². The number of rotatable bonds is 11. The number of ether oxygens (including phenoxy) is 4. The number of hydrogen-bond donors (Lipinski definition) is 2. The van der Waals surface area contributed by atoms with Crippen LogP contribution >= 0.6 is 0 Å². The topological polar surface area (TPSA) is 155 Å². The van der Waals surface area contributed by atoms with E-state index in [0.717, 1.165) is 0 Å². The summed E-state index contributed by atoms with van der Waals surface area (Å²) in [7, 11) is 4.33. The maximum atomic E-state index is 11.9. The Bertz CT molecular complexity index is 776. The predicted molar refractivity (Wildman–Crippen MR) is 104 cm³/mol. The molecule has 0 aliphatic carbocycles. The van der Waals surface area contributed by atoms with E-state index in [4.69, 9.17) is 34.2 Å². The van der Waals surface area contributed by atoms with E-state index in [2.05, 4.69) is 0 Å². The Morgan fingerprint density at radius 1 is 0.933 bits per heavy atom. The summed E-state index contributed by atoms with van der Waals surface area (Å²) in [5, 5.41) is 15.7. The number of amidine groups is 2. The average molecular weight is 426 g/mol. The molecule has 0 bridgehead atoms. The molecule has 0 aliphatic rings. The summed E-state index contributed by atoms with van der Waals surface area (Å²) in [5.74, 6) is -2.13. The van der Waals surface area contributed by atoms with Crippen molar-refractivity contribution in [2.24, 2.45) is 0 Å². The first-order valence-electron chi connectivity index (χ1n) is 8.87. The van der Waals surface area contributed by atoms with Crippen LogP contribution in [-0.2, 0) is 23.8 Å². The van der Waals surface area contributed by atoms with Crippen LogP contribution in [0.5, 0.6) is 5.95 Å². The molecule has 0 aliphatic heterocycles. The largest absolute Gasteiger partial charge is 0.468 e. The summed E-state index contributed by atoms with van der Waals surface area (Å²) in [6.07, 6.45) is 0. The van der Waals surface area contributed by atoms with Crippen LogP contribution in [0.4, 0.5) is 0 Å². The molecule has 0 unspecified atom stereocenters. The number of carbonyl (C=O) groups excluding carboxylic acids is 3. The van der Waals surface area contributed by atoms with Crippen molar-refractivity contribution in [3.05, 3.63) is 17.9 Å². The summed E-state index contributed by atoms with van der Waals surface area (Å²) in [5.41, 5.74) is 0. The van der Waals surface area contributed by atoms with E-state index in [1.54, 1.807) is 6.92 Å². The molecule has 0 aromatic carbocycles. The van der Waals surface area contributed by atoms with Gasteiger partial charge in [-0.25, -0.2) is 4.79 Å². The average Bonchev–Trinajstić information content (AvgIpc) is 3.19. The van der Waals surface area contributed by atoms with Gasteiger partial charge in [-0.3, -0.25) is 20.4 Å². The molecule has 12 nitrogen and oxygen atoms in total. The molecule has 0 saturated heterocycles. The molecular formula is C18H26N4O8. The summed E-state index contributed by atoms with van der Waals surface area (Å²) in [4.78, 5) is 37.6. The number of likely N-dealkylation sites (N-methyl/N-ethyl adjacent to an activating group) is 2. The van der Waals surface area contributed by atoms with Crippen LogP contribution in [0.3, 0.4) is 0 Å². The van der Waals surface area contributed by atoms with Gasteiger partial charge in [-0.2, -0.15) is 0 Å². The number of hydrogen-bond acceptors (Lipinski definition) is 10. The lowest BCUT2D eigenvalue weighted by molar-refractivity contribution is -0.143. The Labute approximate surface area is 173 Å². The molecule has 0 fully saturated rings. The highest BCUT2D eigenvalue weighted by molar-refractivity contribution is 5.91. The van der Waals surface area contributed by atoms with Crippen molar-refractivity contribution in [1.29, 1.82) is 10.8 Å². The Hall–Kier alpha value is -3.57. The molecule has 0 atom stereocenters. The van der Waals surface area contributed by atoms with Gasteiger partial charge in [0, 0.05) is 20.2 Å². The van der Waals surface area contributed by atoms with E-state index in [1.807, 2.05) is 0 Å². The van der Waals surface area contributed by atoms with E-state index in [9.17, 15) is 14.4 Å². The van der Waals surface area contributed by atoms with Gasteiger partial charge in [-0.15, -0.1) is 0 Å². The quantitative estimate of drug-likeness (QED) is 0.219.